The molecule has 0 aliphatic rings. The van der Waals surface area contributed by atoms with E-state index in [1.54, 1.807) is 0 Å². The molecule has 0 bridgehead atoms. The van der Waals surface area contributed by atoms with Crippen LogP contribution in [-0.2, 0) is 13.0 Å². The molecule has 0 fully saturated rings. The van der Waals surface area contributed by atoms with Crippen LogP contribution in [0.25, 0.3) is 0 Å². The lowest BCUT2D eigenvalue weighted by molar-refractivity contribution is 0.0612. The van der Waals surface area contributed by atoms with Crippen LogP contribution < -0.4 is 0 Å². The standard InChI is InChI=1S/C12H30O3Si2/c1-11(2,3)13-16(7,8)15-17(9,10)14-12(4,5)6/h1-10H3. The van der Waals surface area contributed by atoms with Crippen LogP contribution in [0.5, 0.6) is 0 Å². The molecule has 0 atom stereocenters. The van der Waals surface area contributed by atoms with Crippen LogP contribution in [-0.4, -0.2) is 28.3 Å². The van der Waals surface area contributed by atoms with Crippen molar-refractivity contribution in [3.8, 4) is 0 Å². The first-order chi connectivity index (χ1) is 7.12. The molecule has 3 nitrogen and oxygen atoms in total. The number of hydrogen-bond donors (Lipinski definition) is 0. The number of hydrogen-bond acceptors (Lipinski definition) is 3. The SMILES string of the molecule is CC(C)(C)O[Si](C)(C)O[Si](C)(C)OC(C)(C)C. The van der Waals surface area contributed by atoms with E-state index in [0.717, 1.165) is 0 Å². The predicted octanol–water partition coefficient (Wildman–Crippen LogP) is 4.04. The summed E-state index contributed by atoms with van der Waals surface area (Å²) >= 11 is 0. The van der Waals surface area contributed by atoms with Crippen LogP contribution in [0, 0.1) is 0 Å². The summed E-state index contributed by atoms with van der Waals surface area (Å²) in [4.78, 5) is 0. The normalized spacial score (nSPS) is 15.2. The van der Waals surface area contributed by atoms with Gasteiger partial charge in [0.05, 0.1) is 11.2 Å². The molecule has 0 saturated heterocycles. The third-order valence-corrected chi connectivity index (χ3v) is 7.74. The van der Waals surface area contributed by atoms with E-state index in [1.807, 2.05) is 0 Å². The van der Waals surface area contributed by atoms with Gasteiger partial charge in [0.15, 0.2) is 0 Å². The monoisotopic (exact) mass is 278 g/mol. The highest BCUT2D eigenvalue weighted by molar-refractivity contribution is 6.78. The predicted molar refractivity (Wildman–Crippen MR) is 77.7 cm³/mol. The molecule has 5 heteroatoms. The molecule has 0 aromatic heterocycles. The molecule has 0 amide bonds. The summed E-state index contributed by atoms with van der Waals surface area (Å²) in [6.07, 6.45) is 0. The van der Waals surface area contributed by atoms with Crippen molar-refractivity contribution in [1.82, 2.24) is 0 Å². The summed E-state index contributed by atoms with van der Waals surface area (Å²) in [6.45, 7) is 20.7. The molecule has 0 aliphatic carbocycles. The maximum Gasteiger partial charge on any atom is 0.323 e. The van der Waals surface area contributed by atoms with Gasteiger partial charge in [0.2, 0.25) is 0 Å². The summed E-state index contributed by atoms with van der Waals surface area (Å²) in [5.41, 5.74) is -0.329. The van der Waals surface area contributed by atoms with Crippen LogP contribution in [0.4, 0.5) is 0 Å². The zero-order valence-corrected chi connectivity index (χ0v) is 15.2. The molecule has 0 rings (SSSR count). The molecular weight excluding hydrogens is 248 g/mol. The molecular formula is C12H30O3Si2. The minimum Gasteiger partial charge on any atom is -0.415 e. The van der Waals surface area contributed by atoms with Gasteiger partial charge in [-0.1, -0.05) is 0 Å². The molecule has 0 aromatic carbocycles. The van der Waals surface area contributed by atoms with Crippen LogP contribution in [0.1, 0.15) is 41.5 Å². The Kier molecular flexibility index (Phi) is 5.22. The van der Waals surface area contributed by atoms with E-state index < -0.39 is 17.1 Å². The molecule has 0 N–H and O–H groups in total. The zero-order chi connectivity index (χ0) is 14.1. The molecule has 0 aromatic rings. The van der Waals surface area contributed by atoms with E-state index in [4.69, 9.17) is 13.0 Å². The van der Waals surface area contributed by atoms with E-state index in [9.17, 15) is 0 Å². The summed E-state index contributed by atoms with van der Waals surface area (Å²) in [7, 11) is -4.27. The Morgan fingerprint density at radius 1 is 0.588 bits per heavy atom. The highest BCUT2D eigenvalue weighted by atomic mass is 28.5. The van der Waals surface area contributed by atoms with E-state index >= 15 is 0 Å². The fourth-order valence-electron chi connectivity index (χ4n) is 2.11. The van der Waals surface area contributed by atoms with Gasteiger partial charge in [-0.15, -0.1) is 0 Å². The second-order valence-corrected chi connectivity index (χ2v) is 14.2. The first-order valence-corrected chi connectivity index (χ1v) is 11.9. The Bertz CT molecular complexity index is 223. The molecule has 0 heterocycles. The van der Waals surface area contributed by atoms with Gasteiger partial charge in [0.25, 0.3) is 0 Å². The average Bonchev–Trinajstić information content (AvgIpc) is 1.65. The molecule has 0 spiro atoms. The smallest absolute Gasteiger partial charge is 0.323 e. The van der Waals surface area contributed by atoms with Gasteiger partial charge >= 0.3 is 17.1 Å². The molecule has 0 unspecified atom stereocenters. The van der Waals surface area contributed by atoms with Gasteiger partial charge in [0.1, 0.15) is 0 Å². The van der Waals surface area contributed by atoms with E-state index in [2.05, 4.69) is 67.7 Å². The Morgan fingerprint density at radius 3 is 1.00 bits per heavy atom. The second-order valence-electron chi connectivity index (χ2n) is 7.33. The van der Waals surface area contributed by atoms with Crippen molar-refractivity contribution in [2.24, 2.45) is 0 Å². The minimum absolute atomic E-state index is 0.165. The van der Waals surface area contributed by atoms with Gasteiger partial charge in [-0.25, -0.2) is 0 Å². The third-order valence-electron chi connectivity index (χ3n) is 1.60. The second kappa shape index (κ2) is 5.13. The Labute approximate surface area is 109 Å². The summed E-state index contributed by atoms with van der Waals surface area (Å²) in [6, 6.07) is 0. The van der Waals surface area contributed by atoms with Crippen molar-refractivity contribution in [2.75, 3.05) is 0 Å². The van der Waals surface area contributed by atoms with Crippen LogP contribution in [0.3, 0.4) is 0 Å². The number of rotatable bonds is 4. The average molecular weight is 279 g/mol. The molecule has 0 aliphatic heterocycles. The van der Waals surface area contributed by atoms with Crippen molar-refractivity contribution in [2.45, 2.75) is 78.9 Å². The summed E-state index contributed by atoms with van der Waals surface area (Å²) < 4.78 is 18.3. The van der Waals surface area contributed by atoms with Gasteiger partial charge in [-0.3, -0.25) is 0 Å². The lowest BCUT2D eigenvalue weighted by atomic mass is 10.2. The molecule has 104 valence electrons. The lowest BCUT2D eigenvalue weighted by Crippen LogP contribution is -2.53. The van der Waals surface area contributed by atoms with E-state index in [-0.39, 0.29) is 11.2 Å². The maximum absolute atomic E-state index is 6.21. The van der Waals surface area contributed by atoms with Crippen molar-refractivity contribution in [3.63, 3.8) is 0 Å². The Hall–Kier alpha value is 0.314. The molecule has 0 radical (unpaired) electrons. The fourth-order valence-corrected chi connectivity index (χ4v) is 10.1. The third kappa shape index (κ3) is 9.97. The van der Waals surface area contributed by atoms with Crippen molar-refractivity contribution < 1.29 is 13.0 Å². The zero-order valence-electron chi connectivity index (χ0n) is 13.2. The minimum atomic E-state index is -2.14. The van der Waals surface area contributed by atoms with Gasteiger partial charge < -0.3 is 13.0 Å². The maximum atomic E-state index is 6.21. The van der Waals surface area contributed by atoms with Gasteiger partial charge in [0, 0.05) is 0 Å². The highest BCUT2D eigenvalue weighted by Crippen LogP contribution is 2.25. The van der Waals surface area contributed by atoms with Gasteiger partial charge in [-0.2, -0.15) is 0 Å². The first-order valence-electron chi connectivity index (χ1n) is 6.22. The first kappa shape index (κ1) is 17.3. The summed E-state index contributed by atoms with van der Waals surface area (Å²) in [5.74, 6) is 0. The Morgan fingerprint density at radius 2 is 0.824 bits per heavy atom. The summed E-state index contributed by atoms with van der Waals surface area (Å²) in [5, 5.41) is 0. The molecule has 17 heavy (non-hydrogen) atoms. The highest BCUT2D eigenvalue weighted by Gasteiger charge is 2.40. The van der Waals surface area contributed by atoms with E-state index in [1.165, 1.54) is 0 Å². The van der Waals surface area contributed by atoms with Crippen LogP contribution >= 0.6 is 0 Å². The van der Waals surface area contributed by atoms with Crippen molar-refractivity contribution in [3.05, 3.63) is 0 Å². The van der Waals surface area contributed by atoms with E-state index in [0.29, 0.717) is 0 Å². The van der Waals surface area contributed by atoms with Gasteiger partial charge in [-0.05, 0) is 67.7 Å². The van der Waals surface area contributed by atoms with Crippen LogP contribution in [0.15, 0.2) is 0 Å². The fraction of sp³-hybridized carbons (Fsp3) is 1.00. The largest absolute Gasteiger partial charge is 0.415 e. The van der Waals surface area contributed by atoms with Crippen molar-refractivity contribution in [1.29, 1.82) is 0 Å². The lowest BCUT2D eigenvalue weighted by Gasteiger charge is -2.39. The molecule has 0 saturated carbocycles. The quantitative estimate of drug-likeness (QED) is 0.727. The Balaban J connectivity index is 4.59. The van der Waals surface area contributed by atoms with Crippen molar-refractivity contribution >= 4 is 17.1 Å². The topological polar surface area (TPSA) is 27.7 Å². The van der Waals surface area contributed by atoms with Crippen LogP contribution in [0.2, 0.25) is 26.2 Å².